The summed E-state index contributed by atoms with van der Waals surface area (Å²) in [5, 5.41) is 0. The molecule has 1 aromatic heterocycles. The van der Waals surface area contributed by atoms with Crippen molar-refractivity contribution < 1.29 is 9.59 Å². The summed E-state index contributed by atoms with van der Waals surface area (Å²) in [5.74, 6) is 1.18. The van der Waals surface area contributed by atoms with E-state index in [1.165, 1.54) is 0 Å². The zero-order valence-electron chi connectivity index (χ0n) is 16.5. The third kappa shape index (κ3) is 4.15. The fraction of sp³-hybridized carbons (Fsp3) is 0.571. The van der Waals surface area contributed by atoms with Crippen molar-refractivity contribution >= 4 is 17.6 Å². The number of carbonyl (C=O) groups is 2. The number of hydrogen-bond acceptors (Lipinski definition) is 4. The third-order valence-electron chi connectivity index (χ3n) is 6.06. The second-order valence-electron chi connectivity index (χ2n) is 7.77. The largest absolute Gasteiger partial charge is 0.357 e. The van der Waals surface area contributed by atoms with Gasteiger partial charge in [-0.25, -0.2) is 4.98 Å². The minimum absolute atomic E-state index is 0.00308. The van der Waals surface area contributed by atoms with Crippen LogP contribution >= 0.6 is 0 Å². The SMILES string of the molecule is C=CCN1CC2(CCC1=O)CCN(c1ccc(C(=O)N(C)CC)cn1)CC2. The topological polar surface area (TPSA) is 56.8 Å². The van der Waals surface area contributed by atoms with Gasteiger partial charge in [0.15, 0.2) is 0 Å². The maximum absolute atomic E-state index is 12.2. The number of likely N-dealkylation sites (tertiary alicyclic amines) is 1. The molecule has 146 valence electrons. The van der Waals surface area contributed by atoms with Crippen LogP contribution in [0.1, 0.15) is 43.0 Å². The molecule has 3 rings (SSSR count). The van der Waals surface area contributed by atoms with Crippen molar-refractivity contribution in [2.45, 2.75) is 32.6 Å². The van der Waals surface area contributed by atoms with Crippen molar-refractivity contribution in [3.8, 4) is 0 Å². The summed E-state index contributed by atoms with van der Waals surface area (Å²) in [6.07, 6.45) is 7.25. The molecule has 0 radical (unpaired) electrons. The van der Waals surface area contributed by atoms with Gasteiger partial charge in [-0.1, -0.05) is 6.08 Å². The molecule has 2 aliphatic rings. The molecule has 2 fully saturated rings. The van der Waals surface area contributed by atoms with Gasteiger partial charge >= 0.3 is 0 Å². The van der Waals surface area contributed by atoms with Gasteiger partial charge in [0.05, 0.1) is 5.56 Å². The zero-order chi connectivity index (χ0) is 19.4. The van der Waals surface area contributed by atoms with E-state index in [0.29, 0.717) is 25.1 Å². The lowest BCUT2D eigenvalue weighted by Gasteiger charge is -2.47. The van der Waals surface area contributed by atoms with Gasteiger partial charge in [-0.2, -0.15) is 0 Å². The van der Waals surface area contributed by atoms with E-state index in [1.54, 1.807) is 18.1 Å². The highest BCUT2D eigenvalue weighted by Crippen LogP contribution is 2.40. The van der Waals surface area contributed by atoms with Gasteiger partial charge in [0, 0.05) is 52.4 Å². The number of aromatic nitrogens is 1. The number of rotatable bonds is 5. The molecule has 6 heteroatoms. The summed E-state index contributed by atoms with van der Waals surface area (Å²) < 4.78 is 0. The van der Waals surface area contributed by atoms with E-state index in [1.807, 2.05) is 30.0 Å². The summed E-state index contributed by atoms with van der Waals surface area (Å²) in [5.41, 5.74) is 0.857. The molecule has 6 nitrogen and oxygen atoms in total. The van der Waals surface area contributed by atoms with E-state index in [-0.39, 0.29) is 17.2 Å². The van der Waals surface area contributed by atoms with Gasteiger partial charge in [-0.15, -0.1) is 6.58 Å². The molecule has 0 atom stereocenters. The Labute approximate surface area is 161 Å². The molecular weight excluding hydrogens is 340 g/mol. The predicted octanol–water partition coefficient (Wildman–Crippen LogP) is 2.57. The van der Waals surface area contributed by atoms with E-state index in [0.717, 1.165) is 44.7 Å². The molecule has 1 spiro atoms. The number of anilines is 1. The molecule has 1 aromatic rings. The fourth-order valence-corrected chi connectivity index (χ4v) is 4.11. The van der Waals surface area contributed by atoms with E-state index >= 15 is 0 Å². The Hall–Kier alpha value is -2.37. The highest BCUT2D eigenvalue weighted by molar-refractivity contribution is 5.93. The molecule has 27 heavy (non-hydrogen) atoms. The van der Waals surface area contributed by atoms with Crippen LogP contribution in [0.25, 0.3) is 0 Å². The van der Waals surface area contributed by atoms with Crippen LogP contribution in [0.2, 0.25) is 0 Å². The van der Waals surface area contributed by atoms with Crippen molar-refractivity contribution in [3.05, 3.63) is 36.5 Å². The molecule has 3 heterocycles. The Kier molecular flexibility index (Phi) is 5.82. The molecule has 0 N–H and O–H groups in total. The average Bonchev–Trinajstić information content (AvgIpc) is 2.71. The number of hydrogen-bond donors (Lipinski definition) is 0. The van der Waals surface area contributed by atoms with Gasteiger partial charge < -0.3 is 14.7 Å². The molecule has 0 unspecified atom stereocenters. The second kappa shape index (κ2) is 8.11. The van der Waals surface area contributed by atoms with Crippen molar-refractivity contribution in [3.63, 3.8) is 0 Å². The molecule has 2 amide bonds. The minimum Gasteiger partial charge on any atom is -0.357 e. The van der Waals surface area contributed by atoms with E-state index < -0.39 is 0 Å². The molecule has 2 aliphatic heterocycles. The van der Waals surface area contributed by atoms with Crippen molar-refractivity contribution in [2.24, 2.45) is 5.41 Å². The maximum Gasteiger partial charge on any atom is 0.255 e. The van der Waals surface area contributed by atoms with E-state index in [2.05, 4.69) is 16.5 Å². The first-order chi connectivity index (χ1) is 13.0. The summed E-state index contributed by atoms with van der Waals surface area (Å²) in [7, 11) is 1.80. The van der Waals surface area contributed by atoms with Crippen LogP contribution in [0.5, 0.6) is 0 Å². The number of pyridine rings is 1. The second-order valence-corrected chi connectivity index (χ2v) is 7.77. The molecule has 0 bridgehead atoms. The van der Waals surface area contributed by atoms with E-state index in [4.69, 9.17) is 0 Å². The number of nitrogens with zero attached hydrogens (tertiary/aromatic N) is 4. The van der Waals surface area contributed by atoms with Crippen LogP contribution < -0.4 is 4.90 Å². The number of piperidine rings is 2. The van der Waals surface area contributed by atoms with Gasteiger partial charge in [-0.05, 0) is 43.7 Å². The standard InChI is InChI=1S/C21H30N4O2/c1-4-12-25-16-21(9-8-19(25)26)10-13-24(14-11-21)18-7-6-17(15-22-18)20(27)23(3)5-2/h4,6-7,15H,1,5,8-14,16H2,2-3H3. The van der Waals surface area contributed by atoms with Crippen LogP contribution in [0.4, 0.5) is 5.82 Å². The molecule has 0 aromatic carbocycles. The first-order valence-electron chi connectivity index (χ1n) is 9.83. The molecule has 2 saturated heterocycles. The van der Waals surface area contributed by atoms with Crippen LogP contribution in [0, 0.1) is 5.41 Å². The fourth-order valence-electron chi connectivity index (χ4n) is 4.11. The van der Waals surface area contributed by atoms with Gasteiger partial charge in [0.25, 0.3) is 5.91 Å². The Morgan fingerprint density at radius 2 is 2.07 bits per heavy atom. The third-order valence-corrected chi connectivity index (χ3v) is 6.06. The smallest absolute Gasteiger partial charge is 0.255 e. The number of amides is 2. The summed E-state index contributed by atoms with van der Waals surface area (Å²) in [4.78, 5) is 34.7. The lowest BCUT2D eigenvalue weighted by Crippen LogP contribution is -2.51. The maximum atomic E-state index is 12.2. The summed E-state index contributed by atoms with van der Waals surface area (Å²) in [6.45, 7) is 9.77. The quantitative estimate of drug-likeness (QED) is 0.748. The minimum atomic E-state index is 0.00308. The van der Waals surface area contributed by atoms with Gasteiger partial charge in [0.2, 0.25) is 5.91 Å². The normalized spacial score (nSPS) is 19.3. The monoisotopic (exact) mass is 370 g/mol. The van der Waals surface area contributed by atoms with Crippen LogP contribution in [0.15, 0.2) is 31.0 Å². The van der Waals surface area contributed by atoms with Crippen molar-refractivity contribution in [1.29, 1.82) is 0 Å². The Balaban J connectivity index is 1.61. The highest BCUT2D eigenvalue weighted by atomic mass is 16.2. The molecular formula is C21H30N4O2. The summed E-state index contributed by atoms with van der Waals surface area (Å²) in [6, 6.07) is 3.81. The Morgan fingerprint density at radius 1 is 1.33 bits per heavy atom. The van der Waals surface area contributed by atoms with Gasteiger partial charge in [-0.3, -0.25) is 9.59 Å². The Morgan fingerprint density at radius 3 is 2.67 bits per heavy atom. The van der Waals surface area contributed by atoms with Crippen molar-refractivity contribution in [2.75, 3.05) is 44.7 Å². The van der Waals surface area contributed by atoms with Crippen molar-refractivity contribution in [1.82, 2.24) is 14.8 Å². The lowest BCUT2D eigenvalue weighted by molar-refractivity contribution is -0.137. The predicted molar refractivity (Wildman–Crippen MR) is 107 cm³/mol. The zero-order valence-corrected chi connectivity index (χ0v) is 16.5. The van der Waals surface area contributed by atoms with Crippen LogP contribution in [0.3, 0.4) is 0 Å². The molecule has 0 aliphatic carbocycles. The van der Waals surface area contributed by atoms with Crippen LogP contribution in [-0.4, -0.2) is 66.4 Å². The van der Waals surface area contributed by atoms with Gasteiger partial charge in [0.1, 0.15) is 5.82 Å². The molecule has 0 saturated carbocycles. The van der Waals surface area contributed by atoms with E-state index in [9.17, 15) is 9.59 Å². The first kappa shape index (κ1) is 19.4. The first-order valence-corrected chi connectivity index (χ1v) is 9.83. The summed E-state index contributed by atoms with van der Waals surface area (Å²) >= 11 is 0. The average molecular weight is 370 g/mol. The number of carbonyl (C=O) groups excluding carboxylic acids is 2. The lowest BCUT2D eigenvalue weighted by atomic mass is 9.72. The van der Waals surface area contributed by atoms with Crippen LogP contribution in [-0.2, 0) is 4.79 Å². The highest BCUT2D eigenvalue weighted by Gasteiger charge is 2.40. The Bertz CT molecular complexity index is 693.